The van der Waals surface area contributed by atoms with E-state index >= 15 is 0 Å². The number of aromatic nitrogens is 3. The molecule has 1 aliphatic heterocycles. The van der Waals surface area contributed by atoms with Crippen LogP contribution < -0.4 is 0 Å². The second-order valence-electron chi connectivity index (χ2n) is 6.35. The molecule has 1 aliphatic rings. The molecule has 4 rings (SSSR count). The largest absolute Gasteiger partial charge is 0.338 e. The topological polar surface area (TPSA) is 51.0 Å². The highest BCUT2D eigenvalue weighted by molar-refractivity contribution is 7.07. The number of piperidine rings is 1. The van der Waals surface area contributed by atoms with Crippen molar-refractivity contribution in [3.8, 4) is 0 Å². The van der Waals surface area contributed by atoms with Crippen molar-refractivity contribution in [2.45, 2.75) is 25.3 Å². The summed E-state index contributed by atoms with van der Waals surface area (Å²) in [5.41, 5.74) is 3.67. The van der Waals surface area contributed by atoms with Gasteiger partial charge in [-0.2, -0.15) is 0 Å². The molecule has 0 radical (unpaired) electrons. The number of amides is 1. The maximum Gasteiger partial charge on any atom is 0.253 e. The fourth-order valence-electron chi connectivity index (χ4n) is 3.44. The molecular weight excluding hydrogens is 332 g/mol. The zero-order valence-electron chi connectivity index (χ0n) is 13.9. The van der Waals surface area contributed by atoms with Crippen LogP contribution in [-0.2, 0) is 6.54 Å². The normalized spacial score (nSPS) is 17.6. The van der Waals surface area contributed by atoms with Crippen LogP contribution >= 0.6 is 11.3 Å². The van der Waals surface area contributed by atoms with Crippen LogP contribution in [0, 0.1) is 0 Å². The first-order valence-electron chi connectivity index (χ1n) is 8.53. The summed E-state index contributed by atoms with van der Waals surface area (Å²) in [4.78, 5) is 23.7. The summed E-state index contributed by atoms with van der Waals surface area (Å²) in [7, 11) is 0. The molecule has 0 bridgehead atoms. The lowest BCUT2D eigenvalue weighted by molar-refractivity contribution is 0.0703. The Labute approximate surface area is 151 Å². The van der Waals surface area contributed by atoms with Crippen molar-refractivity contribution in [3.63, 3.8) is 0 Å². The van der Waals surface area contributed by atoms with Crippen LogP contribution in [0.2, 0.25) is 0 Å². The Balaban J connectivity index is 1.50. The van der Waals surface area contributed by atoms with Crippen molar-refractivity contribution >= 4 is 17.2 Å². The number of hydrogen-bond acceptors (Lipinski definition) is 4. The second kappa shape index (κ2) is 7.19. The van der Waals surface area contributed by atoms with Gasteiger partial charge in [-0.1, -0.05) is 18.2 Å². The zero-order valence-corrected chi connectivity index (χ0v) is 14.7. The van der Waals surface area contributed by atoms with Gasteiger partial charge in [0.2, 0.25) is 0 Å². The quantitative estimate of drug-likeness (QED) is 0.723. The third-order valence-electron chi connectivity index (χ3n) is 4.66. The predicted molar refractivity (Wildman–Crippen MR) is 97.8 cm³/mol. The van der Waals surface area contributed by atoms with Crippen LogP contribution in [0.1, 0.15) is 40.6 Å². The standard InChI is InChI=1S/C19H20N4OS/c24-19(15-5-2-1-3-6-15)23-9-4-7-16(11-23)18-20-8-10-22(18)12-17-13-25-14-21-17/h1-3,5-6,8,10,13-14,16H,4,7,9,11-12H2/t16-/m0/s1. The molecule has 2 aromatic heterocycles. The summed E-state index contributed by atoms with van der Waals surface area (Å²) in [6.07, 6.45) is 5.92. The average Bonchev–Trinajstić information content (AvgIpc) is 3.34. The molecule has 6 heteroatoms. The Bertz CT molecular complexity index is 828. The summed E-state index contributed by atoms with van der Waals surface area (Å²) in [5, 5.41) is 2.07. The Hall–Kier alpha value is -2.47. The second-order valence-corrected chi connectivity index (χ2v) is 7.07. The molecule has 0 saturated carbocycles. The zero-order chi connectivity index (χ0) is 17.1. The van der Waals surface area contributed by atoms with Gasteiger partial charge in [0.1, 0.15) is 5.82 Å². The van der Waals surface area contributed by atoms with Crippen LogP contribution in [-0.4, -0.2) is 38.4 Å². The first kappa shape index (κ1) is 16.0. The van der Waals surface area contributed by atoms with Gasteiger partial charge >= 0.3 is 0 Å². The maximum absolute atomic E-state index is 12.7. The van der Waals surface area contributed by atoms with E-state index in [1.54, 1.807) is 11.3 Å². The van der Waals surface area contributed by atoms with Gasteiger partial charge in [-0.05, 0) is 25.0 Å². The van der Waals surface area contributed by atoms with Crippen LogP contribution in [0.25, 0.3) is 0 Å². The Morgan fingerprint density at radius 3 is 2.92 bits per heavy atom. The van der Waals surface area contributed by atoms with E-state index in [-0.39, 0.29) is 11.8 Å². The number of likely N-dealkylation sites (tertiary alicyclic amines) is 1. The summed E-state index contributed by atoms with van der Waals surface area (Å²) >= 11 is 1.61. The number of carbonyl (C=O) groups excluding carboxylic acids is 1. The van der Waals surface area contributed by atoms with Gasteiger partial charge in [-0.15, -0.1) is 11.3 Å². The van der Waals surface area contributed by atoms with Gasteiger partial charge in [0.05, 0.1) is 17.7 Å². The van der Waals surface area contributed by atoms with E-state index in [1.807, 2.05) is 53.1 Å². The molecule has 1 saturated heterocycles. The fourth-order valence-corrected chi connectivity index (χ4v) is 3.99. The van der Waals surface area contributed by atoms with Crippen molar-refractivity contribution in [1.82, 2.24) is 19.4 Å². The van der Waals surface area contributed by atoms with Crippen molar-refractivity contribution in [3.05, 3.63) is 70.7 Å². The minimum absolute atomic E-state index is 0.114. The van der Waals surface area contributed by atoms with Crippen molar-refractivity contribution in [2.75, 3.05) is 13.1 Å². The molecule has 128 valence electrons. The number of rotatable bonds is 4. The molecule has 1 fully saturated rings. The molecule has 0 unspecified atom stereocenters. The third-order valence-corrected chi connectivity index (χ3v) is 5.29. The van der Waals surface area contributed by atoms with Gasteiger partial charge < -0.3 is 9.47 Å². The third kappa shape index (κ3) is 3.49. The monoisotopic (exact) mass is 352 g/mol. The lowest BCUT2D eigenvalue weighted by atomic mass is 9.96. The first-order chi connectivity index (χ1) is 12.3. The van der Waals surface area contributed by atoms with Crippen LogP contribution in [0.15, 0.2) is 53.6 Å². The van der Waals surface area contributed by atoms with Crippen LogP contribution in [0.3, 0.4) is 0 Å². The molecule has 0 N–H and O–H groups in total. The highest BCUT2D eigenvalue weighted by atomic mass is 32.1. The first-order valence-corrected chi connectivity index (χ1v) is 9.48. The summed E-state index contributed by atoms with van der Waals surface area (Å²) in [6, 6.07) is 9.53. The molecule has 25 heavy (non-hydrogen) atoms. The maximum atomic E-state index is 12.7. The number of hydrogen-bond donors (Lipinski definition) is 0. The van der Waals surface area contributed by atoms with Crippen LogP contribution in [0.4, 0.5) is 0 Å². The van der Waals surface area contributed by atoms with Gasteiger partial charge in [0, 0.05) is 42.3 Å². The lowest BCUT2D eigenvalue weighted by Crippen LogP contribution is -2.39. The van der Waals surface area contributed by atoms with E-state index in [0.717, 1.165) is 49.6 Å². The molecular formula is C19H20N4OS. The SMILES string of the molecule is O=C(c1ccccc1)N1CCC[C@H](c2nccn2Cc2cscn2)C1. The average molecular weight is 352 g/mol. The number of imidazole rings is 1. The number of benzene rings is 1. The summed E-state index contributed by atoms with van der Waals surface area (Å²) in [6.45, 7) is 2.28. The number of carbonyl (C=O) groups is 1. The molecule has 3 heterocycles. The highest BCUT2D eigenvalue weighted by Gasteiger charge is 2.28. The summed E-state index contributed by atoms with van der Waals surface area (Å²) < 4.78 is 2.16. The van der Waals surface area contributed by atoms with Crippen LogP contribution in [0.5, 0.6) is 0 Å². The van der Waals surface area contributed by atoms with Crippen molar-refractivity contribution < 1.29 is 4.79 Å². The Morgan fingerprint density at radius 1 is 1.24 bits per heavy atom. The van der Waals surface area contributed by atoms with E-state index in [1.165, 1.54) is 0 Å². The number of thiazole rings is 1. The van der Waals surface area contributed by atoms with E-state index in [0.29, 0.717) is 0 Å². The van der Waals surface area contributed by atoms with E-state index in [9.17, 15) is 4.79 Å². The van der Waals surface area contributed by atoms with E-state index < -0.39 is 0 Å². The van der Waals surface area contributed by atoms with E-state index in [4.69, 9.17) is 0 Å². The van der Waals surface area contributed by atoms with Gasteiger partial charge in [-0.25, -0.2) is 9.97 Å². The molecule has 1 amide bonds. The van der Waals surface area contributed by atoms with E-state index in [2.05, 4.69) is 19.9 Å². The molecule has 1 aromatic carbocycles. The molecule has 1 atom stereocenters. The Morgan fingerprint density at radius 2 is 2.12 bits per heavy atom. The lowest BCUT2D eigenvalue weighted by Gasteiger charge is -2.32. The number of nitrogens with zero attached hydrogens (tertiary/aromatic N) is 4. The fraction of sp³-hybridized carbons (Fsp3) is 0.316. The van der Waals surface area contributed by atoms with Crippen molar-refractivity contribution in [2.24, 2.45) is 0 Å². The molecule has 3 aromatic rings. The highest BCUT2D eigenvalue weighted by Crippen LogP contribution is 2.27. The van der Waals surface area contributed by atoms with Gasteiger partial charge in [0.25, 0.3) is 5.91 Å². The van der Waals surface area contributed by atoms with Gasteiger partial charge in [0.15, 0.2) is 0 Å². The molecule has 5 nitrogen and oxygen atoms in total. The van der Waals surface area contributed by atoms with Crippen molar-refractivity contribution in [1.29, 1.82) is 0 Å². The smallest absolute Gasteiger partial charge is 0.253 e. The molecule has 0 spiro atoms. The van der Waals surface area contributed by atoms with Gasteiger partial charge in [-0.3, -0.25) is 4.79 Å². The minimum Gasteiger partial charge on any atom is -0.338 e. The summed E-state index contributed by atoms with van der Waals surface area (Å²) in [5.74, 6) is 1.44. The molecule has 0 aliphatic carbocycles. The predicted octanol–water partition coefficient (Wildman–Crippen LogP) is 3.41. The minimum atomic E-state index is 0.114. The Kier molecular flexibility index (Phi) is 4.61.